The Labute approximate surface area is 137 Å². The van der Waals surface area contributed by atoms with E-state index in [2.05, 4.69) is 47.6 Å². The molecule has 0 heterocycles. The van der Waals surface area contributed by atoms with E-state index >= 15 is 0 Å². The fourth-order valence-electron chi connectivity index (χ4n) is 3.45. The van der Waals surface area contributed by atoms with Crippen LogP contribution in [0.1, 0.15) is 47.1 Å². The van der Waals surface area contributed by atoms with Crippen molar-refractivity contribution in [3.8, 4) is 11.8 Å². The van der Waals surface area contributed by atoms with Gasteiger partial charge in [0.15, 0.2) is 0 Å². The molecular formula is C19H31NOSi. The maximum absolute atomic E-state index is 8.94. The van der Waals surface area contributed by atoms with Gasteiger partial charge in [0.05, 0.1) is 11.6 Å². The Bertz CT molecular complexity index is 459. The van der Waals surface area contributed by atoms with Crippen molar-refractivity contribution >= 4 is 8.32 Å². The van der Waals surface area contributed by atoms with E-state index in [1.54, 1.807) is 0 Å². The molecule has 1 rings (SSSR count). The number of nitrogens with zero attached hydrogens (tertiary/aromatic N) is 1. The molecular weight excluding hydrogens is 286 g/mol. The molecule has 0 saturated carbocycles. The molecule has 0 spiro atoms. The van der Waals surface area contributed by atoms with Crippen LogP contribution < -0.4 is 4.43 Å². The molecule has 0 atom stereocenters. The number of rotatable bonds is 8. The lowest BCUT2D eigenvalue weighted by atomic mass is 10.2. The molecule has 0 radical (unpaired) electrons. The van der Waals surface area contributed by atoms with Crippen molar-refractivity contribution in [1.29, 1.82) is 5.26 Å². The van der Waals surface area contributed by atoms with E-state index in [-0.39, 0.29) is 0 Å². The summed E-state index contributed by atoms with van der Waals surface area (Å²) < 4.78 is 6.66. The first-order valence-electron chi connectivity index (χ1n) is 8.45. The van der Waals surface area contributed by atoms with Crippen molar-refractivity contribution in [2.45, 2.75) is 59.7 Å². The second-order valence-electron chi connectivity index (χ2n) is 7.72. The van der Waals surface area contributed by atoms with Crippen LogP contribution >= 0.6 is 0 Å². The third-order valence-electron chi connectivity index (χ3n) is 3.66. The normalized spacial score (nSPS) is 12.0. The Hall–Kier alpha value is -1.27. The highest BCUT2D eigenvalue weighted by Gasteiger charge is 2.39. The molecule has 0 fully saturated rings. The van der Waals surface area contributed by atoms with Crippen molar-refractivity contribution in [1.82, 2.24) is 0 Å². The van der Waals surface area contributed by atoms with Crippen LogP contribution in [-0.4, -0.2) is 8.32 Å². The summed E-state index contributed by atoms with van der Waals surface area (Å²) in [5, 5.41) is 8.94. The fraction of sp³-hybridized carbons (Fsp3) is 0.632. The number of nitriles is 1. The number of benzene rings is 1. The standard InChI is InChI=1S/C19H31NOSi/c1-15(2)12-22(13-16(3)4,14-17(5)6)21-19-9-7-18(11-20)8-10-19/h7-10,15-17H,12-14H2,1-6H3. The van der Waals surface area contributed by atoms with E-state index in [1.807, 2.05) is 24.3 Å². The molecule has 0 amide bonds. The lowest BCUT2D eigenvalue weighted by Gasteiger charge is -2.36. The van der Waals surface area contributed by atoms with Gasteiger partial charge in [-0.15, -0.1) is 0 Å². The zero-order valence-electron chi connectivity index (χ0n) is 15.0. The highest BCUT2D eigenvalue weighted by Crippen LogP contribution is 2.34. The molecule has 0 aliphatic carbocycles. The van der Waals surface area contributed by atoms with Gasteiger partial charge in [0.1, 0.15) is 5.75 Å². The van der Waals surface area contributed by atoms with Gasteiger partial charge in [0.25, 0.3) is 8.32 Å². The Balaban J connectivity index is 3.06. The second-order valence-corrected chi connectivity index (χ2v) is 11.5. The van der Waals surface area contributed by atoms with Crippen molar-refractivity contribution in [2.75, 3.05) is 0 Å². The van der Waals surface area contributed by atoms with E-state index < -0.39 is 8.32 Å². The summed E-state index contributed by atoms with van der Waals surface area (Å²) in [7, 11) is -1.84. The van der Waals surface area contributed by atoms with Gasteiger partial charge in [0, 0.05) is 0 Å². The Morgan fingerprint density at radius 2 is 1.27 bits per heavy atom. The maximum atomic E-state index is 8.94. The molecule has 0 saturated heterocycles. The molecule has 1 aromatic rings. The van der Waals surface area contributed by atoms with E-state index in [0.717, 1.165) is 5.75 Å². The zero-order valence-corrected chi connectivity index (χ0v) is 16.0. The minimum absolute atomic E-state index is 0.655. The molecule has 0 aliphatic rings. The SMILES string of the molecule is CC(C)C[Si](CC(C)C)(CC(C)C)Oc1ccc(C#N)cc1. The second kappa shape index (κ2) is 8.38. The smallest absolute Gasteiger partial charge is 0.252 e. The average Bonchev–Trinajstić information content (AvgIpc) is 2.36. The maximum Gasteiger partial charge on any atom is 0.252 e. The highest BCUT2D eigenvalue weighted by molar-refractivity contribution is 6.74. The van der Waals surface area contributed by atoms with Crippen LogP contribution in [0, 0.1) is 29.1 Å². The van der Waals surface area contributed by atoms with Gasteiger partial charge in [0.2, 0.25) is 0 Å². The van der Waals surface area contributed by atoms with Crippen LogP contribution in [-0.2, 0) is 0 Å². The fourth-order valence-corrected chi connectivity index (χ4v) is 9.30. The summed E-state index contributed by atoms with van der Waals surface area (Å²) in [6.45, 7) is 13.8. The minimum Gasteiger partial charge on any atom is -0.543 e. The van der Waals surface area contributed by atoms with Crippen LogP contribution in [0.3, 0.4) is 0 Å². The number of hydrogen-bond donors (Lipinski definition) is 0. The summed E-state index contributed by atoms with van der Waals surface area (Å²) in [6, 6.07) is 13.4. The predicted molar refractivity (Wildman–Crippen MR) is 96.5 cm³/mol. The summed E-state index contributed by atoms with van der Waals surface area (Å²) in [5.74, 6) is 2.90. The largest absolute Gasteiger partial charge is 0.543 e. The molecule has 0 aromatic heterocycles. The van der Waals surface area contributed by atoms with Crippen molar-refractivity contribution < 1.29 is 4.43 Å². The quantitative estimate of drug-likeness (QED) is 0.563. The van der Waals surface area contributed by atoms with Crippen molar-refractivity contribution in [2.24, 2.45) is 17.8 Å². The van der Waals surface area contributed by atoms with Gasteiger partial charge >= 0.3 is 0 Å². The molecule has 2 nitrogen and oxygen atoms in total. The molecule has 0 bridgehead atoms. The van der Waals surface area contributed by atoms with Gasteiger partial charge in [-0.3, -0.25) is 0 Å². The first-order valence-corrected chi connectivity index (χ1v) is 11.0. The van der Waals surface area contributed by atoms with E-state index in [9.17, 15) is 0 Å². The Morgan fingerprint density at radius 1 is 0.864 bits per heavy atom. The van der Waals surface area contributed by atoms with Crippen LogP contribution in [0.5, 0.6) is 5.75 Å². The third kappa shape index (κ3) is 6.23. The predicted octanol–water partition coefficient (Wildman–Crippen LogP) is 5.85. The van der Waals surface area contributed by atoms with E-state index in [4.69, 9.17) is 9.69 Å². The third-order valence-corrected chi connectivity index (χ3v) is 9.01. The van der Waals surface area contributed by atoms with Gasteiger partial charge in [-0.05, 0) is 60.2 Å². The van der Waals surface area contributed by atoms with E-state index in [0.29, 0.717) is 23.3 Å². The number of hydrogen-bond acceptors (Lipinski definition) is 2. The first kappa shape index (κ1) is 18.8. The summed E-state index contributed by atoms with van der Waals surface area (Å²) in [4.78, 5) is 0. The first-order chi connectivity index (χ1) is 10.3. The van der Waals surface area contributed by atoms with Crippen LogP contribution in [0.4, 0.5) is 0 Å². The lowest BCUT2D eigenvalue weighted by Crippen LogP contribution is -2.45. The van der Waals surface area contributed by atoms with Gasteiger partial charge < -0.3 is 4.43 Å². The van der Waals surface area contributed by atoms with Crippen molar-refractivity contribution in [3.63, 3.8) is 0 Å². The van der Waals surface area contributed by atoms with Gasteiger partial charge in [-0.2, -0.15) is 5.26 Å². The zero-order chi connectivity index (χ0) is 16.8. The highest BCUT2D eigenvalue weighted by atomic mass is 28.4. The molecule has 122 valence electrons. The average molecular weight is 318 g/mol. The topological polar surface area (TPSA) is 33.0 Å². The molecule has 1 aromatic carbocycles. The molecule has 0 aliphatic heterocycles. The summed E-state index contributed by atoms with van der Waals surface area (Å²) >= 11 is 0. The minimum atomic E-state index is -1.84. The van der Waals surface area contributed by atoms with E-state index in [1.165, 1.54) is 18.1 Å². The van der Waals surface area contributed by atoms with Crippen LogP contribution in [0.15, 0.2) is 24.3 Å². The molecule has 22 heavy (non-hydrogen) atoms. The monoisotopic (exact) mass is 317 g/mol. The summed E-state index contributed by atoms with van der Waals surface area (Å²) in [6.07, 6.45) is 0. The Morgan fingerprint density at radius 3 is 1.59 bits per heavy atom. The van der Waals surface area contributed by atoms with Crippen LogP contribution in [0.25, 0.3) is 0 Å². The van der Waals surface area contributed by atoms with Crippen LogP contribution in [0.2, 0.25) is 18.1 Å². The lowest BCUT2D eigenvalue weighted by molar-refractivity contribution is 0.474. The molecule has 0 unspecified atom stereocenters. The van der Waals surface area contributed by atoms with Crippen molar-refractivity contribution in [3.05, 3.63) is 29.8 Å². The summed E-state index contributed by atoms with van der Waals surface area (Å²) in [5.41, 5.74) is 0.691. The van der Waals surface area contributed by atoms with Gasteiger partial charge in [-0.1, -0.05) is 41.5 Å². The van der Waals surface area contributed by atoms with Gasteiger partial charge in [-0.25, -0.2) is 0 Å². The molecule has 0 N–H and O–H groups in total. The Kier molecular flexibility index (Phi) is 7.15. The molecule has 3 heteroatoms.